The summed E-state index contributed by atoms with van der Waals surface area (Å²) in [5.41, 5.74) is 9.68. The van der Waals surface area contributed by atoms with E-state index in [2.05, 4.69) is 15.0 Å². The Hall–Kier alpha value is -6.09. The van der Waals surface area contributed by atoms with Gasteiger partial charge in [0.25, 0.3) is 11.8 Å². The lowest BCUT2D eigenvalue weighted by molar-refractivity contribution is -0.124. The third-order valence-electron chi connectivity index (χ3n) is 12.6. The molecule has 364 valence electrons. The highest BCUT2D eigenvalue weighted by Crippen LogP contribution is 2.38. The first-order valence-electron chi connectivity index (χ1n) is 23.5. The van der Waals surface area contributed by atoms with E-state index in [-0.39, 0.29) is 42.4 Å². The van der Waals surface area contributed by atoms with Gasteiger partial charge in [0, 0.05) is 54.1 Å². The van der Waals surface area contributed by atoms with Crippen LogP contribution in [0.5, 0.6) is 11.5 Å². The van der Waals surface area contributed by atoms with E-state index in [1.54, 1.807) is 16.7 Å². The number of fused-ring (bicyclic) bond motifs is 1. The van der Waals surface area contributed by atoms with Crippen LogP contribution in [0.25, 0.3) is 34.0 Å². The molecule has 7 aromatic rings. The number of thiophene rings is 2. The maximum absolute atomic E-state index is 13.4. The molecule has 3 aliphatic rings. The number of aromatic nitrogens is 3. The van der Waals surface area contributed by atoms with Gasteiger partial charge < -0.3 is 19.7 Å². The van der Waals surface area contributed by atoms with Crippen molar-refractivity contribution in [1.29, 1.82) is 0 Å². The number of piperidine rings is 2. The summed E-state index contributed by atoms with van der Waals surface area (Å²) in [6, 6.07) is 24.7. The van der Waals surface area contributed by atoms with E-state index >= 15 is 0 Å². The molecule has 2 aromatic carbocycles. The summed E-state index contributed by atoms with van der Waals surface area (Å²) in [4.78, 5) is 69.5. The van der Waals surface area contributed by atoms with Crippen molar-refractivity contribution in [2.75, 3.05) is 55.9 Å². The number of ether oxygens (including phenoxy) is 2. The van der Waals surface area contributed by atoms with Crippen LogP contribution in [-0.4, -0.2) is 107 Å². The third kappa shape index (κ3) is 11.7. The predicted octanol–water partition coefficient (Wildman–Crippen LogP) is 9.98. The van der Waals surface area contributed by atoms with Gasteiger partial charge in [-0.05, 0) is 99.6 Å². The Morgan fingerprint density at radius 1 is 0.657 bits per heavy atom. The number of hydrogen-bond donors (Lipinski definition) is 1. The van der Waals surface area contributed by atoms with Crippen LogP contribution in [0.2, 0.25) is 0 Å². The number of carbonyl (C=O) groups excluding carboxylic acids is 4. The highest BCUT2D eigenvalue weighted by atomic mass is 32.1. The van der Waals surface area contributed by atoms with Crippen molar-refractivity contribution in [3.63, 3.8) is 0 Å². The zero-order valence-electron chi connectivity index (χ0n) is 38.8. The van der Waals surface area contributed by atoms with E-state index in [0.717, 1.165) is 99.3 Å². The van der Waals surface area contributed by atoms with E-state index in [1.165, 1.54) is 45.3 Å². The molecule has 10 rings (SSSR count). The van der Waals surface area contributed by atoms with Gasteiger partial charge in [0.1, 0.15) is 17.2 Å². The van der Waals surface area contributed by atoms with Gasteiger partial charge in [-0.25, -0.2) is 9.97 Å². The van der Waals surface area contributed by atoms with Crippen LogP contribution in [-0.2, 0) is 9.59 Å². The summed E-state index contributed by atoms with van der Waals surface area (Å²) in [6.07, 6.45) is 7.50. The van der Waals surface area contributed by atoms with Crippen molar-refractivity contribution in [2.45, 2.75) is 70.4 Å². The predicted molar refractivity (Wildman–Crippen MR) is 276 cm³/mol. The minimum Gasteiger partial charge on any atom is -0.454 e. The Morgan fingerprint density at radius 2 is 1.26 bits per heavy atom. The summed E-state index contributed by atoms with van der Waals surface area (Å²) >= 11 is 5.71. The normalized spacial score (nSPS) is 16.9. The number of rotatable bonds is 17. The monoisotopic (exact) mass is 1020 g/mol. The molecule has 0 saturated carbocycles. The number of carbonyl (C=O) groups is 4. The van der Waals surface area contributed by atoms with Gasteiger partial charge >= 0.3 is 0 Å². The van der Waals surface area contributed by atoms with Crippen molar-refractivity contribution in [2.24, 2.45) is 5.73 Å². The van der Waals surface area contributed by atoms with Gasteiger partial charge in [-0.1, -0.05) is 60.5 Å². The quantitative estimate of drug-likeness (QED) is 0.0915. The van der Waals surface area contributed by atoms with Gasteiger partial charge in [-0.3, -0.25) is 38.8 Å². The summed E-state index contributed by atoms with van der Waals surface area (Å²) in [5.74, 6) is 1.83. The smallest absolute Gasteiger partial charge is 0.270 e. The molecular weight excluding hydrogens is 965 g/mol. The van der Waals surface area contributed by atoms with Gasteiger partial charge in [-0.15, -0.1) is 45.3 Å². The zero-order chi connectivity index (χ0) is 48.4. The molecule has 2 saturated heterocycles. The molecule has 0 bridgehead atoms. The van der Waals surface area contributed by atoms with Crippen molar-refractivity contribution < 1.29 is 33.2 Å². The van der Waals surface area contributed by atoms with Crippen molar-refractivity contribution in [3.8, 4) is 45.5 Å². The van der Waals surface area contributed by atoms with Crippen LogP contribution in [0, 0.1) is 0 Å². The summed E-state index contributed by atoms with van der Waals surface area (Å²) in [7, 11) is 0. The minimum absolute atomic E-state index is 0.00285. The van der Waals surface area contributed by atoms with Crippen LogP contribution in [0.15, 0.2) is 105 Å². The van der Waals surface area contributed by atoms with Crippen molar-refractivity contribution in [1.82, 2.24) is 24.9 Å². The average Bonchev–Trinajstić information content (AvgIpc) is 4.25. The summed E-state index contributed by atoms with van der Waals surface area (Å²) < 4.78 is 16.5. The van der Waals surface area contributed by atoms with E-state index in [4.69, 9.17) is 29.7 Å². The highest BCUT2D eigenvalue weighted by Gasteiger charge is 2.30. The Morgan fingerprint density at radius 3 is 1.87 bits per heavy atom. The fourth-order valence-electron chi connectivity index (χ4n) is 9.02. The van der Waals surface area contributed by atoms with E-state index in [9.17, 15) is 19.2 Å². The Bertz CT molecular complexity index is 2850. The van der Waals surface area contributed by atoms with Crippen LogP contribution < -0.4 is 25.0 Å². The van der Waals surface area contributed by atoms with Crippen LogP contribution in [0.1, 0.15) is 77.6 Å². The second kappa shape index (κ2) is 23.2. The molecule has 70 heavy (non-hydrogen) atoms. The maximum Gasteiger partial charge on any atom is 0.270 e. The number of likely N-dealkylation sites (tertiary alicyclic amines) is 2. The number of nitrogens with two attached hydrogens (primary N) is 1. The standard InChI is InChI=1S/C27H28N4O3S2.C24H26N4O4S2/c1-19(32)23-11-5-6-13-30(23)14-8-15-31(26(33)25-12-7-16-35-25)27-28-22(18-36-27)24-17-21(29-34-24)20-9-3-2-4-10-20;25-22(29)18-5-1-2-9-27(18)10-4-11-28(23(30)21-6-3-12-33-21)24-26-17(14-34-24)16-7-8-19-20(13-16)32-15-31-19/h2-4,7,9-10,12,16-18,23H,5-6,8,11,13-15H2,1H3;3,6-8,12-14,18H,1-2,4-5,9-11,15H2,(H2,25,29)/t23-;18-/m00/s1. The van der Waals surface area contributed by atoms with Crippen molar-refractivity contribution >= 4 is 79.1 Å². The fourth-order valence-corrected chi connectivity index (χ4v) is 12.1. The lowest BCUT2D eigenvalue weighted by Gasteiger charge is -2.34. The Kier molecular flexibility index (Phi) is 16.2. The summed E-state index contributed by atoms with van der Waals surface area (Å²) in [6.45, 7) is 6.21. The molecule has 0 aliphatic carbocycles. The molecule has 19 heteroatoms. The lowest BCUT2D eigenvalue weighted by Crippen LogP contribution is -2.48. The van der Waals surface area contributed by atoms with E-state index < -0.39 is 0 Å². The Balaban J connectivity index is 0.000000174. The number of anilines is 2. The van der Waals surface area contributed by atoms with Gasteiger partial charge in [-0.2, -0.15) is 0 Å². The highest BCUT2D eigenvalue weighted by molar-refractivity contribution is 7.15. The molecule has 2 N–H and O–H groups in total. The lowest BCUT2D eigenvalue weighted by atomic mass is 9.99. The number of Topliss-reactive ketones (excluding diaryl/α,β-unsaturated/α-hetero) is 1. The fraction of sp³-hybridized carbons (Fsp3) is 0.353. The van der Waals surface area contributed by atoms with Crippen molar-refractivity contribution in [3.05, 3.63) is 110 Å². The molecule has 5 aromatic heterocycles. The van der Waals surface area contributed by atoms with E-state index in [0.29, 0.717) is 56.9 Å². The molecule has 15 nitrogen and oxygen atoms in total. The van der Waals surface area contributed by atoms with Gasteiger partial charge in [0.2, 0.25) is 12.7 Å². The number of ketones is 1. The first-order chi connectivity index (χ1) is 34.2. The Labute approximate surface area is 422 Å². The molecule has 8 heterocycles. The molecule has 2 atom stereocenters. The first kappa shape index (κ1) is 48.9. The van der Waals surface area contributed by atoms with Gasteiger partial charge in [0.05, 0.1) is 27.5 Å². The second-order valence-electron chi connectivity index (χ2n) is 17.2. The largest absolute Gasteiger partial charge is 0.454 e. The van der Waals surface area contributed by atoms with Gasteiger partial charge in [0.15, 0.2) is 27.5 Å². The molecule has 0 radical (unpaired) electrons. The number of nitrogens with zero attached hydrogens (tertiary/aromatic N) is 7. The summed E-state index contributed by atoms with van der Waals surface area (Å²) in [5, 5.41) is 13.1. The molecular formula is C51H54N8O7S4. The molecule has 0 spiro atoms. The average molecular weight is 1020 g/mol. The number of thiazole rings is 2. The number of hydrogen-bond acceptors (Lipinski definition) is 16. The molecule has 3 aliphatic heterocycles. The maximum atomic E-state index is 13.4. The molecule has 3 amide bonds. The molecule has 2 fully saturated rings. The zero-order valence-corrected chi connectivity index (χ0v) is 42.0. The van der Waals surface area contributed by atoms with Crippen LogP contribution in [0.3, 0.4) is 0 Å². The van der Waals surface area contributed by atoms with Crippen LogP contribution in [0.4, 0.5) is 10.3 Å². The second-order valence-corrected chi connectivity index (χ2v) is 20.8. The number of benzene rings is 2. The SMILES string of the molecule is CC(=O)[C@@H]1CCCCN1CCCN(C(=O)c1cccs1)c1nc(-c2cc(-c3ccccc3)no2)cs1.NC(=O)[C@@H]1CCCCN1CCCN(C(=O)c1cccs1)c1nc(-c2ccc3c(c2)OCO3)cs1. The number of amides is 3. The first-order valence-corrected chi connectivity index (χ1v) is 27.0. The number of primary amides is 1. The van der Waals surface area contributed by atoms with Crippen LogP contribution >= 0.6 is 45.3 Å². The minimum atomic E-state index is -0.264. The molecule has 0 unspecified atom stereocenters. The van der Waals surface area contributed by atoms with E-state index in [1.807, 2.05) is 100 Å². The topological polar surface area (TPSA) is 178 Å². The third-order valence-corrected chi connectivity index (χ3v) is 16.0.